The molecular weight excluding hydrogens is 354 g/mol. The minimum absolute atomic E-state index is 0.124. The second-order valence-electron chi connectivity index (χ2n) is 7.04. The van der Waals surface area contributed by atoms with Gasteiger partial charge >= 0.3 is 11.8 Å². The van der Waals surface area contributed by atoms with E-state index in [4.69, 9.17) is 0 Å². The molecule has 1 aromatic carbocycles. The quantitative estimate of drug-likeness (QED) is 0.720. The molecule has 2 rings (SSSR count). The molecule has 0 saturated carbocycles. The average molecular weight is 381 g/mol. The number of amides is 2. The van der Waals surface area contributed by atoms with Crippen LogP contribution in [0, 0.1) is 12.8 Å². The van der Waals surface area contributed by atoms with Gasteiger partial charge in [-0.3, -0.25) is 9.59 Å². The molecule has 1 fully saturated rings. The third kappa shape index (κ3) is 5.04. The average Bonchev–Trinajstić information content (AvgIpc) is 3.07. The Morgan fingerprint density at radius 1 is 1.15 bits per heavy atom. The number of nitrogens with zero attached hydrogens (tertiary/aromatic N) is 1. The molecule has 1 heterocycles. The van der Waals surface area contributed by atoms with Gasteiger partial charge in [-0.1, -0.05) is 31.5 Å². The van der Waals surface area contributed by atoms with Crippen LogP contribution in [0.2, 0.25) is 0 Å². The normalized spacial score (nSPS) is 18.1. The van der Waals surface area contributed by atoms with Crippen LogP contribution in [0.15, 0.2) is 29.2 Å². The van der Waals surface area contributed by atoms with Gasteiger partial charge in [0.05, 0.1) is 4.90 Å². The monoisotopic (exact) mass is 381 g/mol. The lowest BCUT2D eigenvalue weighted by Gasteiger charge is -2.24. The smallest absolute Gasteiger partial charge is 0.309 e. The fraction of sp³-hybridized carbons (Fsp3) is 0.556. The first kappa shape index (κ1) is 20.4. The van der Waals surface area contributed by atoms with Gasteiger partial charge in [0.25, 0.3) is 0 Å². The Hall–Kier alpha value is -1.93. The van der Waals surface area contributed by atoms with Crippen molar-refractivity contribution in [1.29, 1.82) is 0 Å². The van der Waals surface area contributed by atoms with Crippen LogP contribution in [0.4, 0.5) is 0 Å². The van der Waals surface area contributed by atoms with Crippen molar-refractivity contribution in [3.05, 3.63) is 29.8 Å². The van der Waals surface area contributed by atoms with E-state index in [1.807, 2.05) is 20.8 Å². The van der Waals surface area contributed by atoms with Crippen molar-refractivity contribution < 1.29 is 18.0 Å². The molecule has 0 radical (unpaired) electrons. The van der Waals surface area contributed by atoms with Gasteiger partial charge in [-0.2, -0.15) is 4.31 Å². The molecule has 2 N–H and O–H groups in total. The highest BCUT2D eigenvalue weighted by molar-refractivity contribution is 7.89. The van der Waals surface area contributed by atoms with Crippen LogP contribution in [0.1, 0.15) is 32.3 Å². The molecule has 0 bridgehead atoms. The zero-order chi connectivity index (χ0) is 19.3. The van der Waals surface area contributed by atoms with Crippen molar-refractivity contribution in [3.63, 3.8) is 0 Å². The second-order valence-corrected chi connectivity index (χ2v) is 8.93. The number of nitrogens with one attached hydrogen (secondary N) is 2. The third-order valence-electron chi connectivity index (χ3n) is 4.33. The van der Waals surface area contributed by atoms with E-state index in [1.54, 1.807) is 24.3 Å². The molecule has 1 atom stereocenters. The summed E-state index contributed by atoms with van der Waals surface area (Å²) in [5, 5.41) is 5.10. The van der Waals surface area contributed by atoms with Gasteiger partial charge in [-0.15, -0.1) is 0 Å². The standard InChI is InChI=1S/C18H27N3O4S/c1-13(2)11-19-17(22)18(23)20-12-15-5-4-10-21(15)26(24,25)16-8-6-14(3)7-9-16/h6-9,13,15H,4-5,10-12H2,1-3H3,(H,19,22)(H,20,23)/t15-/m0/s1. The number of carbonyl (C=O) groups excluding carboxylic acids is 2. The highest BCUT2D eigenvalue weighted by atomic mass is 32.2. The molecule has 0 aromatic heterocycles. The Balaban J connectivity index is 1.98. The number of carbonyl (C=O) groups is 2. The number of benzene rings is 1. The molecule has 0 aliphatic carbocycles. The fourth-order valence-corrected chi connectivity index (χ4v) is 4.54. The lowest BCUT2D eigenvalue weighted by molar-refractivity contribution is -0.139. The van der Waals surface area contributed by atoms with Gasteiger partial charge in [-0.25, -0.2) is 8.42 Å². The maximum atomic E-state index is 12.8. The topological polar surface area (TPSA) is 95.6 Å². The van der Waals surface area contributed by atoms with Crippen molar-refractivity contribution in [2.45, 2.75) is 44.6 Å². The zero-order valence-electron chi connectivity index (χ0n) is 15.5. The first-order chi connectivity index (χ1) is 12.2. The van der Waals surface area contributed by atoms with Crippen LogP contribution in [0.5, 0.6) is 0 Å². The molecule has 0 unspecified atom stereocenters. The number of aryl methyl sites for hydroxylation is 1. The van der Waals surface area contributed by atoms with Crippen LogP contribution in [0.25, 0.3) is 0 Å². The summed E-state index contributed by atoms with van der Waals surface area (Å²) in [5.41, 5.74) is 0.988. The summed E-state index contributed by atoms with van der Waals surface area (Å²) >= 11 is 0. The number of hydrogen-bond donors (Lipinski definition) is 2. The van der Waals surface area contributed by atoms with E-state index in [-0.39, 0.29) is 23.4 Å². The molecule has 7 nitrogen and oxygen atoms in total. The summed E-state index contributed by atoms with van der Waals surface area (Å²) in [6, 6.07) is 6.37. The van der Waals surface area contributed by atoms with Crippen molar-refractivity contribution in [3.8, 4) is 0 Å². The highest BCUT2D eigenvalue weighted by Crippen LogP contribution is 2.25. The molecule has 0 spiro atoms. The van der Waals surface area contributed by atoms with E-state index in [9.17, 15) is 18.0 Å². The van der Waals surface area contributed by atoms with E-state index in [0.717, 1.165) is 12.0 Å². The van der Waals surface area contributed by atoms with Crippen LogP contribution in [-0.4, -0.2) is 50.2 Å². The predicted molar refractivity (Wildman–Crippen MR) is 99.0 cm³/mol. The second kappa shape index (κ2) is 8.64. The van der Waals surface area contributed by atoms with Gasteiger partial charge in [0.2, 0.25) is 10.0 Å². The van der Waals surface area contributed by atoms with E-state index < -0.39 is 21.8 Å². The van der Waals surface area contributed by atoms with Crippen molar-refractivity contribution in [2.24, 2.45) is 5.92 Å². The lowest BCUT2D eigenvalue weighted by atomic mass is 10.2. The molecule has 1 aliphatic rings. The number of sulfonamides is 1. The van der Waals surface area contributed by atoms with E-state index in [0.29, 0.717) is 19.5 Å². The zero-order valence-corrected chi connectivity index (χ0v) is 16.3. The van der Waals surface area contributed by atoms with Crippen LogP contribution < -0.4 is 10.6 Å². The van der Waals surface area contributed by atoms with Gasteiger partial charge in [0.15, 0.2) is 0 Å². The molecule has 26 heavy (non-hydrogen) atoms. The SMILES string of the molecule is Cc1ccc(S(=O)(=O)N2CCC[C@H]2CNC(=O)C(=O)NCC(C)C)cc1. The third-order valence-corrected chi connectivity index (χ3v) is 6.29. The van der Waals surface area contributed by atoms with Crippen molar-refractivity contribution in [2.75, 3.05) is 19.6 Å². The van der Waals surface area contributed by atoms with Crippen molar-refractivity contribution in [1.82, 2.24) is 14.9 Å². The summed E-state index contributed by atoms with van der Waals surface area (Å²) < 4.78 is 27.1. The fourth-order valence-electron chi connectivity index (χ4n) is 2.84. The number of rotatable bonds is 6. The van der Waals surface area contributed by atoms with Crippen LogP contribution in [0.3, 0.4) is 0 Å². The Morgan fingerprint density at radius 3 is 2.38 bits per heavy atom. The van der Waals surface area contributed by atoms with Gasteiger partial charge < -0.3 is 10.6 Å². The van der Waals surface area contributed by atoms with E-state index in [1.165, 1.54) is 4.31 Å². The summed E-state index contributed by atoms with van der Waals surface area (Å²) in [5.74, 6) is -1.17. The maximum Gasteiger partial charge on any atom is 0.309 e. The Morgan fingerprint density at radius 2 is 1.77 bits per heavy atom. The van der Waals surface area contributed by atoms with Gasteiger partial charge in [0.1, 0.15) is 0 Å². The summed E-state index contributed by atoms with van der Waals surface area (Å²) in [7, 11) is -3.61. The minimum Gasteiger partial charge on any atom is -0.348 e. The van der Waals surface area contributed by atoms with Gasteiger partial charge in [-0.05, 0) is 37.8 Å². The predicted octanol–water partition coefficient (Wildman–Crippen LogP) is 1.04. The van der Waals surface area contributed by atoms with Crippen LogP contribution >= 0.6 is 0 Å². The largest absolute Gasteiger partial charge is 0.348 e. The summed E-state index contributed by atoms with van der Waals surface area (Å²) in [4.78, 5) is 23.9. The minimum atomic E-state index is -3.61. The highest BCUT2D eigenvalue weighted by Gasteiger charge is 2.35. The molecule has 8 heteroatoms. The summed E-state index contributed by atoms with van der Waals surface area (Å²) in [6.45, 7) is 6.73. The molecule has 2 amide bonds. The van der Waals surface area contributed by atoms with Crippen molar-refractivity contribution >= 4 is 21.8 Å². The first-order valence-electron chi connectivity index (χ1n) is 8.86. The molecule has 144 valence electrons. The molecular formula is C18H27N3O4S. The molecule has 1 aromatic rings. The first-order valence-corrected chi connectivity index (χ1v) is 10.3. The van der Waals surface area contributed by atoms with E-state index >= 15 is 0 Å². The Labute approximate surface area is 155 Å². The van der Waals surface area contributed by atoms with Crippen LogP contribution in [-0.2, 0) is 19.6 Å². The van der Waals surface area contributed by atoms with E-state index in [2.05, 4.69) is 10.6 Å². The van der Waals surface area contributed by atoms with Gasteiger partial charge in [0, 0.05) is 25.7 Å². The lowest BCUT2D eigenvalue weighted by Crippen LogP contribution is -2.47. The Kier molecular flexibility index (Phi) is 6.77. The molecule has 1 saturated heterocycles. The molecule has 1 aliphatic heterocycles. The summed E-state index contributed by atoms with van der Waals surface area (Å²) in [6.07, 6.45) is 1.38. The Bertz CT molecular complexity index is 744. The maximum absolute atomic E-state index is 12.8. The number of hydrogen-bond acceptors (Lipinski definition) is 4.